The molecule has 0 bridgehead atoms. The molecule has 1 aliphatic carbocycles. The quantitative estimate of drug-likeness (QED) is 0.733. The normalized spacial score (nSPS) is 27.4. The van der Waals surface area contributed by atoms with E-state index in [1.165, 1.54) is 25.9 Å². The lowest BCUT2D eigenvalue weighted by molar-refractivity contribution is 0.0860. The van der Waals surface area contributed by atoms with Crippen molar-refractivity contribution < 1.29 is 0 Å². The van der Waals surface area contributed by atoms with E-state index in [9.17, 15) is 0 Å². The van der Waals surface area contributed by atoms with E-state index in [1.54, 1.807) is 0 Å². The van der Waals surface area contributed by atoms with Crippen LogP contribution >= 0.6 is 0 Å². The van der Waals surface area contributed by atoms with Gasteiger partial charge in [0, 0.05) is 25.2 Å². The Morgan fingerprint density at radius 1 is 1.07 bits per heavy atom. The summed E-state index contributed by atoms with van der Waals surface area (Å²) in [5.41, 5.74) is 5.84. The fraction of sp³-hybridized carbons (Fsp3) is 1.00. The largest absolute Gasteiger partial charge is 0.328 e. The molecule has 0 heterocycles. The highest BCUT2D eigenvalue weighted by Crippen LogP contribution is 2.25. The second-order valence-electron chi connectivity index (χ2n) is 5.63. The average molecular weight is 198 g/mol. The molecule has 0 spiro atoms. The van der Waals surface area contributed by atoms with Crippen LogP contribution < -0.4 is 5.73 Å². The summed E-state index contributed by atoms with van der Waals surface area (Å²) in [5.74, 6) is 1.54. The van der Waals surface area contributed by atoms with Crippen molar-refractivity contribution in [2.24, 2.45) is 17.6 Å². The van der Waals surface area contributed by atoms with Gasteiger partial charge in [-0.05, 0) is 24.7 Å². The summed E-state index contributed by atoms with van der Waals surface area (Å²) >= 11 is 0. The van der Waals surface area contributed by atoms with Crippen molar-refractivity contribution in [2.75, 3.05) is 13.1 Å². The number of hydrogen-bond acceptors (Lipinski definition) is 2. The molecule has 0 aromatic carbocycles. The molecule has 1 rings (SSSR count). The van der Waals surface area contributed by atoms with Crippen LogP contribution in [0.5, 0.6) is 0 Å². The van der Waals surface area contributed by atoms with E-state index in [2.05, 4.69) is 32.6 Å². The van der Waals surface area contributed by atoms with Crippen molar-refractivity contribution in [1.82, 2.24) is 4.90 Å². The first-order valence-electron chi connectivity index (χ1n) is 5.98. The molecule has 2 N–H and O–H groups in total. The first-order valence-corrected chi connectivity index (χ1v) is 5.98. The lowest BCUT2D eigenvalue weighted by atomic mass is 9.85. The van der Waals surface area contributed by atoms with Crippen molar-refractivity contribution in [3.63, 3.8) is 0 Å². The van der Waals surface area contributed by atoms with E-state index in [0.29, 0.717) is 6.04 Å². The zero-order valence-electron chi connectivity index (χ0n) is 10.2. The summed E-state index contributed by atoms with van der Waals surface area (Å²) in [6.07, 6.45) is 2.42. The van der Waals surface area contributed by atoms with E-state index in [1.807, 2.05) is 0 Å². The van der Waals surface area contributed by atoms with Crippen LogP contribution in [0.1, 0.15) is 40.5 Å². The lowest BCUT2D eigenvalue weighted by Crippen LogP contribution is -2.52. The third-order valence-corrected chi connectivity index (χ3v) is 2.87. The topological polar surface area (TPSA) is 29.3 Å². The van der Waals surface area contributed by atoms with Gasteiger partial charge >= 0.3 is 0 Å². The molecule has 2 heteroatoms. The standard InChI is InChI=1S/C12H26N2/c1-9(2)7-14(8-10(3)4)12-5-11(13)6-12/h9-12H,5-8,13H2,1-4H3. The van der Waals surface area contributed by atoms with Gasteiger partial charge in [-0.3, -0.25) is 4.90 Å². The number of rotatable bonds is 5. The minimum atomic E-state index is 0.474. The highest BCUT2D eigenvalue weighted by atomic mass is 15.2. The first-order chi connectivity index (χ1) is 6.49. The van der Waals surface area contributed by atoms with Crippen molar-refractivity contribution in [3.8, 4) is 0 Å². The van der Waals surface area contributed by atoms with E-state index in [-0.39, 0.29) is 0 Å². The highest BCUT2D eigenvalue weighted by molar-refractivity contribution is 4.90. The Hall–Kier alpha value is -0.0800. The SMILES string of the molecule is CC(C)CN(CC(C)C)C1CC(N)C1. The molecule has 14 heavy (non-hydrogen) atoms. The van der Waals surface area contributed by atoms with Gasteiger partial charge in [0.1, 0.15) is 0 Å². The smallest absolute Gasteiger partial charge is 0.0125 e. The maximum absolute atomic E-state index is 5.84. The third kappa shape index (κ3) is 3.58. The van der Waals surface area contributed by atoms with Crippen LogP contribution in [0.3, 0.4) is 0 Å². The van der Waals surface area contributed by atoms with Crippen molar-refractivity contribution >= 4 is 0 Å². The fourth-order valence-electron chi connectivity index (χ4n) is 2.24. The van der Waals surface area contributed by atoms with Gasteiger partial charge in [-0.25, -0.2) is 0 Å². The van der Waals surface area contributed by atoms with Crippen molar-refractivity contribution in [1.29, 1.82) is 0 Å². The molecule has 2 nitrogen and oxygen atoms in total. The second-order valence-corrected chi connectivity index (χ2v) is 5.63. The van der Waals surface area contributed by atoms with E-state index in [4.69, 9.17) is 5.73 Å². The minimum absolute atomic E-state index is 0.474. The van der Waals surface area contributed by atoms with E-state index < -0.39 is 0 Å². The predicted octanol–water partition coefficient (Wildman–Crippen LogP) is 2.09. The molecule has 84 valence electrons. The van der Waals surface area contributed by atoms with Gasteiger partial charge in [0.2, 0.25) is 0 Å². The molecule has 0 unspecified atom stereocenters. The molecule has 0 saturated heterocycles. The molecule has 1 aliphatic rings. The highest BCUT2D eigenvalue weighted by Gasteiger charge is 2.31. The average Bonchev–Trinajstić information content (AvgIpc) is 1.95. The number of nitrogens with two attached hydrogens (primary N) is 1. The van der Waals surface area contributed by atoms with Gasteiger partial charge in [0.05, 0.1) is 0 Å². The Labute approximate surface area is 88.8 Å². The first kappa shape index (κ1) is 12.0. The summed E-state index contributed by atoms with van der Waals surface area (Å²) in [4.78, 5) is 2.64. The Balaban J connectivity index is 2.36. The number of nitrogens with zero attached hydrogens (tertiary/aromatic N) is 1. The van der Waals surface area contributed by atoms with Crippen LogP contribution in [0.15, 0.2) is 0 Å². The molecule has 0 aromatic heterocycles. The molecule has 0 radical (unpaired) electrons. The van der Waals surface area contributed by atoms with Crippen LogP contribution in [0.4, 0.5) is 0 Å². The Kier molecular flexibility index (Phi) is 4.39. The van der Waals surface area contributed by atoms with Crippen LogP contribution in [0.25, 0.3) is 0 Å². The Morgan fingerprint density at radius 2 is 1.50 bits per heavy atom. The predicted molar refractivity (Wildman–Crippen MR) is 62.2 cm³/mol. The summed E-state index contributed by atoms with van der Waals surface area (Å²) in [6, 6.07) is 1.25. The van der Waals surface area contributed by atoms with Gasteiger partial charge in [0.15, 0.2) is 0 Å². The Morgan fingerprint density at radius 3 is 1.79 bits per heavy atom. The molecule has 0 aliphatic heterocycles. The van der Waals surface area contributed by atoms with Gasteiger partial charge < -0.3 is 5.73 Å². The Bertz CT molecular complexity index is 150. The molecule has 0 atom stereocenters. The van der Waals surface area contributed by atoms with Crippen molar-refractivity contribution in [2.45, 2.75) is 52.6 Å². The fourth-order valence-corrected chi connectivity index (χ4v) is 2.24. The number of hydrogen-bond donors (Lipinski definition) is 1. The van der Waals surface area contributed by atoms with Gasteiger partial charge in [-0.1, -0.05) is 27.7 Å². The summed E-state index contributed by atoms with van der Waals surface area (Å²) in [7, 11) is 0. The van der Waals surface area contributed by atoms with Gasteiger partial charge in [-0.15, -0.1) is 0 Å². The lowest BCUT2D eigenvalue weighted by Gasteiger charge is -2.43. The van der Waals surface area contributed by atoms with Crippen LogP contribution in [0.2, 0.25) is 0 Å². The maximum atomic E-state index is 5.84. The molecular weight excluding hydrogens is 172 g/mol. The van der Waals surface area contributed by atoms with E-state index in [0.717, 1.165) is 17.9 Å². The zero-order chi connectivity index (χ0) is 10.7. The summed E-state index contributed by atoms with van der Waals surface area (Å²) < 4.78 is 0. The molecule has 1 fully saturated rings. The molecular formula is C12H26N2. The molecule has 0 aromatic rings. The van der Waals surface area contributed by atoms with Crippen molar-refractivity contribution in [3.05, 3.63) is 0 Å². The molecule has 1 saturated carbocycles. The summed E-state index contributed by atoms with van der Waals surface area (Å²) in [6.45, 7) is 11.7. The van der Waals surface area contributed by atoms with E-state index >= 15 is 0 Å². The van der Waals surface area contributed by atoms with Gasteiger partial charge in [-0.2, -0.15) is 0 Å². The van der Waals surface area contributed by atoms with Crippen LogP contribution in [-0.4, -0.2) is 30.1 Å². The monoisotopic (exact) mass is 198 g/mol. The van der Waals surface area contributed by atoms with Crippen LogP contribution in [-0.2, 0) is 0 Å². The third-order valence-electron chi connectivity index (χ3n) is 2.87. The van der Waals surface area contributed by atoms with Crippen LogP contribution in [0, 0.1) is 11.8 Å². The zero-order valence-corrected chi connectivity index (χ0v) is 10.2. The van der Waals surface area contributed by atoms with Gasteiger partial charge in [0.25, 0.3) is 0 Å². The summed E-state index contributed by atoms with van der Waals surface area (Å²) in [5, 5.41) is 0. The second kappa shape index (κ2) is 5.13. The molecule has 0 amide bonds. The minimum Gasteiger partial charge on any atom is -0.328 e. The maximum Gasteiger partial charge on any atom is 0.0125 e.